The van der Waals surface area contributed by atoms with Gasteiger partial charge in [-0.15, -0.1) is 0 Å². The van der Waals surface area contributed by atoms with Gasteiger partial charge in [0.25, 0.3) is 0 Å². The highest BCUT2D eigenvalue weighted by Crippen LogP contribution is 2.21. The average Bonchev–Trinajstić information content (AvgIpc) is 2.69. The van der Waals surface area contributed by atoms with Crippen LogP contribution in [0.5, 0.6) is 0 Å². The second-order valence-electron chi connectivity index (χ2n) is 6.19. The summed E-state index contributed by atoms with van der Waals surface area (Å²) in [5.74, 6) is 1.01. The summed E-state index contributed by atoms with van der Waals surface area (Å²) in [6.45, 7) is 6.04. The molecule has 118 valence electrons. The van der Waals surface area contributed by atoms with Crippen molar-refractivity contribution in [3.63, 3.8) is 0 Å². The average molecular weight is 289 g/mol. The number of hydrogen-bond acceptors (Lipinski definition) is 1. The van der Waals surface area contributed by atoms with E-state index in [0.717, 1.165) is 24.4 Å². The molecule has 1 aliphatic rings. The van der Waals surface area contributed by atoms with Crippen LogP contribution in [0.3, 0.4) is 0 Å². The van der Waals surface area contributed by atoms with Crippen LogP contribution in [0, 0.1) is 5.92 Å². The largest absolute Gasteiger partial charge is 0.326 e. The summed E-state index contributed by atoms with van der Waals surface area (Å²) in [6.07, 6.45) is 11.0. The first-order valence-corrected chi connectivity index (χ1v) is 8.49. The van der Waals surface area contributed by atoms with Crippen LogP contribution in [0.1, 0.15) is 71.3 Å². The summed E-state index contributed by atoms with van der Waals surface area (Å²) in [5.41, 5.74) is 2.15. The molecular formula is C19H31NO. The Labute approximate surface area is 130 Å². The summed E-state index contributed by atoms with van der Waals surface area (Å²) in [5, 5.41) is 2.82. The molecule has 1 aliphatic carbocycles. The molecule has 1 amide bonds. The maximum Gasteiger partial charge on any atom is 0.221 e. The Kier molecular flexibility index (Phi) is 8.80. The van der Waals surface area contributed by atoms with Crippen LogP contribution in [0.25, 0.3) is 0 Å². The normalized spacial score (nSPS) is 15.6. The minimum atomic E-state index is -0.0106. The number of carbonyl (C=O) groups is 1. The van der Waals surface area contributed by atoms with E-state index < -0.39 is 0 Å². The summed E-state index contributed by atoms with van der Waals surface area (Å²) in [6, 6.07) is 7.92. The van der Waals surface area contributed by atoms with Crippen molar-refractivity contribution in [1.82, 2.24) is 0 Å². The van der Waals surface area contributed by atoms with Crippen LogP contribution in [-0.4, -0.2) is 5.91 Å². The topological polar surface area (TPSA) is 29.1 Å². The smallest absolute Gasteiger partial charge is 0.221 e. The fourth-order valence-corrected chi connectivity index (χ4v) is 2.80. The summed E-state index contributed by atoms with van der Waals surface area (Å²) < 4.78 is 0. The first-order chi connectivity index (χ1) is 10.1. The van der Waals surface area contributed by atoms with E-state index in [0.29, 0.717) is 0 Å². The highest BCUT2D eigenvalue weighted by molar-refractivity contribution is 5.89. The molecule has 0 bridgehead atoms. The number of nitrogens with one attached hydrogen (secondary N) is 1. The van der Waals surface area contributed by atoms with Gasteiger partial charge in [0.15, 0.2) is 0 Å². The summed E-state index contributed by atoms with van der Waals surface area (Å²) >= 11 is 0. The second kappa shape index (κ2) is 10.4. The van der Waals surface area contributed by atoms with Gasteiger partial charge in [0, 0.05) is 12.6 Å². The molecule has 0 radical (unpaired) electrons. The van der Waals surface area contributed by atoms with Crippen molar-refractivity contribution >= 4 is 11.6 Å². The Morgan fingerprint density at radius 3 is 2.33 bits per heavy atom. The molecular weight excluding hydrogens is 258 g/mol. The van der Waals surface area contributed by atoms with Gasteiger partial charge in [-0.05, 0) is 24.0 Å². The van der Waals surface area contributed by atoms with Crippen molar-refractivity contribution in [2.45, 2.75) is 72.1 Å². The molecule has 21 heavy (non-hydrogen) atoms. The number of benzene rings is 1. The lowest BCUT2D eigenvalue weighted by Gasteiger charge is -2.07. The van der Waals surface area contributed by atoms with Crippen LogP contribution < -0.4 is 5.32 Å². The molecule has 0 aromatic heterocycles. The molecule has 0 heterocycles. The molecule has 0 saturated heterocycles. The standard InChI is InChI=1S/C11H15NO.C8H16/c1-3-6-10-7-4-5-8-11(10)12-9(2)13;1-8-6-4-2-3-5-7-8/h4-5,7-8H,3,6H2,1-2H3,(H,12,13);8H,2-7H2,1H3. The van der Waals surface area contributed by atoms with Crippen molar-refractivity contribution in [3.8, 4) is 0 Å². The zero-order chi connectivity index (χ0) is 15.5. The van der Waals surface area contributed by atoms with E-state index in [4.69, 9.17) is 0 Å². The predicted molar refractivity (Wildman–Crippen MR) is 91.6 cm³/mol. The molecule has 2 nitrogen and oxygen atoms in total. The fourth-order valence-electron chi connectivity index (χ4n) is 2.80. The van der Waals surface area contributed by atoms with Gasteiger partial charge in [0.1, 0.15) is 0 Å². The van der Waals surface area contributed by atoms with Gasteiger partial charge in [-0.1, -0.05) is 77.0 Å². The number of carbonyl (C=O) groups excluding carboxylic acids is 1. The van der Waals surface area contributed by atoms with Crippen LogP contribution in [0.15, 0.2) is 24.3 Å². The molecule has 1 aromatic rings. The van der Waals surface area contributed by atoms with Gasteiger partial charge in [-0.3, -0.25) is 4.79 Å². The Balaban J connectivity index is 0.000000235. The van der Waals surface area contributed by atoms with E-state index in [-0.39, 0.29) is 5.91 Å². The van der Waals surface area contributed by atoms with Crippen LogP contribution in [0.2, 0.25) is 0 Å². The second-order valence-corrected chi connectivity index (χ2v) is 6.19. The molecule has 1 aromatic carbocycles. The number of rotatable bonds is 3. The van der Waals surface area contributed by atoms with Crippen LogP contribution in [0.4, 0.5) is 5.69 Å². The van der Waals surface area contributed by atoms with E-state index in [2.05, 4.69) is 25.2 Å². The number of amides is 1. The Morgan fingerprint density at radius 2 is 1.76 bits per heavy atom. The van der Waals surface area contributed by atoms with E-state index >= 15 is 0 Å². The predicted octanol–water partition coefficient (Wildman–Crippen LogP) is 5.57. The van der Waals surface area contributed by atoms with Crippen LogP contribution >= 0.6 is 0 Å². The minimum Gasteiger partial charge on any atom is -0.326 e. The van der Waals surface area contributed by atoms with Gasteiger partial charge >= 0.3 is 0 Å². The van der Waals surface area contributed by atoms with E-state index in [1.54, 1.807) is 0 Å². The number of aryl methyl sites for hydroxylation is 1. The van der Waals surface area contributed by atoms with Crippen molar-refractivity contribution in [3.05, 3.63) is 29.8 Å². The third kappa shape index (κ3) is 7.89. The van der Waals surface area contributed by atoms with Gasteiger partial charge < -0.3 is 5.32 Å². The fraction of sp³-hybridized carbons (Fsp3) is 0.632. The summed E-state index contributed by atoms with van der Waals surface area (Å²) in [4.78, 5) is 10.9. The van der Waals surface area contributed by atoms with E-state index in [9.17, 15) is 4.79 Å². The van der Waals surface area contributed by atoms with Gasteiger partial charge in [-0.25, -0.2) is 0 Å². The molecule has 0 atom stereocenters. The Morgan fingerprint density at radius 1 is 1.14 bits per heavy atom. The molecule has 1 fully saturated rings. The molecule has 2 heteroatoms. The van der Waals surface area contributed by atoms with Gasteiger partial charge in [0.2, 0.25) is 5.91 Å². The quantitative estimate of drug-likeness (QED) is 0.724. The Bertz CT molecular complexity index is 406. The summed E-state index contributed by atoms with van der Waals surface area (Å²) in [7, 11) is 0. The number of hydrogen-bond donors (Lipinski definition) is 1. The Hall–Kier alpha value is -1.31. The maximum atomic E-state index is 10.9. The molecule has 1 N–H and O–H groups in total. The zero-order valence-corrected chi connectivity index (χ0v) is 14.0. The molecule has 1 saturated carbocycles. The van der Waals surface area contributed by atoms with E-state index in [1.807, 2.05) is 18.2 Å². The maximum absolute atomic E-state index is 10.9. The minimum absolute atomic E-state index is 0.0106. The van der Waals surface area contributed by atoms with Crippen molar-refractivity contribution < 1.29 is 4.79 Å². The van der Waals surface area contributed by atoms with E-state index in [1.165, 1.54) is 51.0 Å². The molecule has 0 spiro atoms. The third-order valence-electron chi connectivity index (χ3n) is 3.99. The van der Waals surface area contributed by atoms with Crippen LogP contribution in [-0.2, 0) is 11.2 Å². The molecule has 0 unspecified atom stereocenters. The van der Waals surface area contributed by atoms with Gasteiger partial charge in [-0.2, -0.15) is 0 Å². The lowest BCUT2D eigenvalue weighted by molar-refractivity contribution is -0.114. The molecule has 2 rings (SSSR count). The lowest BCUT2D eigenvalue weighted by Crippen LogP contribution is -2.07. The first-order valence-electron chi connectivity index (χ1n) is 8.49. The highest BCUT2D eigenvalue weighted by Gasteiger charge is 2.05. The van der Waals surface area contributed by atoms with Crippen molar-refractivity contribution in [1.29, 1.82) is 0 Å². The van der Waals surface area contributed by atoms with Gasteiger partial charge in [0.05, 0.1) is 0 Å². The van der Waals surface area contributed by atoms with Crippen molar-refractivity contribution in [2.24, 2.45) is 5.92 Å². The zero-order valence-electron chi connectivity index (χ0n) is 14.0. The number of para-hydroxylation sites is 1. The first kappa shape index (κ1) is 17.7. The van der Waals surface area contributed by atoms with Crippen molar-refractivity contribution in [2.75, 3.05) is 5.32 Å². The number of anilines is 1. The monoisotopic (exact) mass is 289 g/mol. The SMILES string of the molecule is CC1CCCCCC1.CCCc1ccccc1NC(C)=O. The third-order valence-corrected chi connectivity index (χ3v) is 3.99. The molecule has 0 aliphatic heterocycles. The lowest BCUT2D eigenvalue weighted by atomic mass is 10.0. The highest BCUT2D eigenvalue weighted by atomic mass is 16.1.